The van der Waals surface area contributed by atoms with Crippen LogP contribution in [0.4, 0.5) is 0 Å². The molecule has 0 fully saturated rings. The minimum Gasteiger partial charge on any atom is -0.207 e. The molecule has 0 saturated carbocycles. The highest BCUT2D eigenvalue weighted by molar-refractivity contribution is 7.89. The molecule has 0 aliphatic carbocycles. The van der Waals surface area contributed by atoms with Gasteiger partial charge in [0.1, 0.15) is 0 Å². The maximum atomic E-state index is 11.9. The third kappa shape index (κ3) is 3.22. The molecule has 0 N–H and O–H groups in total. The van der Waals surface area contributed by atoms with E-state index < -0.39 is 10.0 Å². The third-order valence-corrected chi connectivity index (χ3v) is 4.78. The number of hydrogen-bond donors (Lipinski definition) is 0. The molecule has 0 unspecified atom stereocenters. The van der Waals surface area contributed by atoms with E-state index in [0.717, 1.165) is 12.0 Å². The van der Waals surface area contributed by atoms with E-state index in [1.807, 2.05) is 30.3 Å². The second kappa shape index (κ2) is 5.55. The molecule has 3 nitrogen and oxygen atoms in total. The zero-order valence-corrected chi connectivity index (χ0v) is 11.9. The molecule has 100 valence electrons. The van der Waals surface area contributed by atoms with Gasteiger partial charge in [-0.1, -0.05) is 42.5 Å². The van der Waals surface area contributed by atoms with Crippen molar-refractivity contribution in [3.63, 3.8) is 0 Å². The Morgan fingerprint density at radius 1 is 0.842 bits per heavy atom. The highest BCUT2D eigenvalue weighted by atomic mass is 32.2. The molecule has 0 bridgehead atoms. The van der Waals surface area contributed by atoms with Crippen LogP contribution in [0.25, 0.3) is 0 Å². The van der Waals surface area contributed by atoms with Gasteiger partial charge in [-0.2, -0.15) is 0 Å². The van der Waals surface area contributed by atoms with Crippen molar-refractivity contribution in [2.24, 2.45) is 0 Å². The zero-order valence-electron chi connectivity index (χ0n) is 11.1. The summed E-state index contributed by atoms with van der Waals surface area (Å²) < 4.78 is 25.1. The van der Waals surface area contributed by atoms with Crippen LogP contribution < -0.4 is 0 Å². The molecule has 0 amide bonds. The molecular formula is C15H17NO2S. The Hall–Kier alpha value is -1.65. The molecule has 2 aromatic carbocycles. The van der Waals surface area contributed by atoms with E-state index in [2.05, 4.69) is 12.1 Å². The summed E-state index contributed by atoms with van der Waals surface area (Å²) in [4.78, 5) is 0.328. The van der Waals surface area contributed by atoms with E-state index in [0.29, 0.717) is 4.90 Å². The third-order valence-electron chi connectivity index (χ3n) is 2.95. The van der Waals surface area contributed by atoms with Crippen LogP contribution in [-0.4, -0.2) is 26.8 Å². The van der Waals surface area contributed by atoms with E-state index >= 15 is 0 Å². The fourth-order valence-electron chi connectivity index (χ4n) is 1.82. The summed E-state index contributed by atoms with van der Waals surface area (Å²) in [6, 6.07) is 17.2. The largest absolute Gasteiger partial charge is 0.242 e. The van der Waals surface area contributed by atoms with Gasteiger partial charge < -0.3 is 0 Å². The maximum absolute atomic E-state index is 11.9. The topological polar surface area (TPSA) is 37.4 Å². The van der Waals surface area contributed by atoms with Crippen LogP contribution in [0.5, 0.6) is 0 Å². The number of sulfonamides is 1. The molecule has 19 heavy (non-hydrogen) atoms. The Morgan fingerprint density at radius 2 is 1.37 bits per heavy atom. The van der Waals surface area contributed by atoms with Gasteiger partial charge in [-0.25, -0.2) is 12.7 Å². The molecule has 0 spiro atoms. The maximum Gasteiger partial charge on any atom is 0.242 e. The van der Waals surface area contributed by atoms with Gasteiger partial charge in [-0.05, 0) is 29.7 Å². The summed E-state index contributed by atoms with van der Waals surface area (Å²) >= 11 is 0. The van der Waals surface area contributed by atoms with Gasteiger partial charge in [0.15, 0.2) is 0 Å². The van der Waals surface area contributed by atoms with E-state index in [4.69, 9.17) is 0 Å². The first-order valence-corrected chi connectivity index (χ1v) is 7.49. The molecule has 0 atom stereocenters. The van der Waals surface area contributed by atoms with E-state index in [-0.39, 0.29) is 0 Å². The van der Waals surface area contributed by atoms with Crippen molar-refractivity contribution in [1.29, 1.82) is 0 Å². The lowest BCUT2D eigenvalue weighted by atomic mass is 10.1. The number of hydrogen-bond acceptors (Lipinski definition) is 2. The summed E-state index contributed by atoms with van der Waals surface area (Å²) in [5.41, 5.74) is 2.31. The van der Waals surface area contributed by atoms with Crippen LogP contribution in [0.2, 0.25) is 0 Å². The first-order valence-electron chi connectivity index (χ1n) is 6.05. The molecule has 0 saturated heterocycles. The lowest BCUT2D eigenvalue weighted by Crippen LogP contribution is -2.22. The second-order valence-electron chi connectivity index (χ2n) is 4.59. The number of nitrogens with zero attached hydrogens (tertiary/aromatic N) is 1. The normalized spacial score (nSPS) is 11.7. The summed E-state index contributed by atoms with van der Waals surface area (Å²) in [7, 11) is -0.263. The first-order chi connectivity index (χ1) is 9.00. The van der Waals surface area contributed by atoms with Crippen molar-refractivity contribution in [2.45, 2.75) is 11.3 Å². The van der Waals surface area contributed by atoms with E-state index in [1.54, 1.807) is 12.1 Å². The first kappa shape index (κ1) is 13.8. The number of rotatable bonds is 4. The highest BCUT2D eigenvalue weighted by Gasteiger charge is 2.16. The molecule has 0 heterocycles. The fraction of sp³-hybridized carbons (Fsp3) is 0.200. The second-order valence-corrected chi connectivity index (χ2v) is 6.75. The van der Waals surface area contributed by atoms with Crippen molar-refractivity contribution in [2.75, 3.05) is 14.1 Å². The van der Waals surface area contributed by atoms with Gasteiger partial charge in [0.05, 0.1) is 4.90 Å². The van der Waals surface area contributed by atoms with Crippen molar-refractivity contribution < 1.29 is 8.42 Å². The monoisotopic (exact) mass is 275 g/mol. The standard InChI is InChI=1S/C15H17NO2S/c1-16(2)19(17,18)15-10-8-14(9-11-15)12-13-6-4-3-5-7-13/h3-11H,12H2,1-2H3. The van der Waals surface area contributed by atoms with Crippen molar-refractivity contribution in [3.05, 3.63) is 65.7 Å². The lowest BCUT2D eigenvalue weighted by molar-refractivity contribution is 0.520. The Morgan fingerprint density at radius 3 is 1.89 bits per heavy atom. The predicted molar refractivity (Wildman–Crippen MR) is 76.6 cm³/mol. The van der Waals surface area contributed by atoms with Crippen LogP contribution in [0, 0.1) is 0 Å². The SMILES string of the molecule is CN(C)S(=O)(=O)c1ccc(Cc2ccccc2)cc1. The average Bonchev–Trinajstić information content (AvgIpc) is 2.40. The van der Waals surface area contributed by atoms with Crippen LogP contribution >= 0.6 is 0 Å². The molecule has 0 aliphatic rings. The Kier molecular flexibility index (Phi) is 4.02. The van der Waals surface area contributed by atoms with Crippen LogP contribution in [0.15, 0.2) is 59.5 Å². The summed E-state index contributed by atoms with van der Waals surface area (Å²) in [5, 5.41) is 0. The molecular weight excluding hydrogens is 258 g/mol. The minimum absolute atomic E-state index is 0.328. The van der Waals surface area contributed by atoms with Crippen LogP contribution in [0.3, 0.4) is 0 Å². The van der Waals surface area contributed by atoms with Crippen LogP contribution in [-0.2, 0) is 16.4 Å². The Labute approximate surface area is 114 Å². The van der Waals surface area contributed by atoms with E-state index in [1.165, 1.54) is 24.0 Å². The molecule has 2 aromatic rings. The minimum atomic E-state index is -3.33. The Bertz CT molecular complexity index is 632. The molecule has 2 rings (SSSR count). The zero-order chi connectivity index (χ0) is 13.9. The lowest BCUT2D eigenvalue weighted by Gasteiger charge is -2.11. The average molecular weight is 275 g/mol. The Balaban J connectivity index is 2.20. The van der Waals surface area contributed by atoms with Crippen molar-refractivity contribution >= 4 is 10.0 Å². The summed E-state index contributed by atoms with van der Waals surface area (Å²) in [5.74, 6) is 0. The van der Waals surface area contributed by atoms with Gasteiger partial charge in [0.25, 0.3) is 0 Å². The van der Waals surface area contributed by atoms with Gasteiger partial charge in [0, 0.05) is 14.1 Å². The van der Waals surface area contributed by atoms with Crippen LogP contribution in [0.1, 0.15) is 11.1 Å². The predicted octanol–water partition coefficient (Wildman–Crippen LogP) is 2.53. The quantitative estimate of drug-likeness (QED) is 0.860. The van der Waals surface area contributed by atoms with Gasteiger partial charge in [-0.15, -0.1) is 0 Å². The fourth-order valence-corrected chi connectivity index (χ4v) is 2.72. The van der Waals surface area contributed by atoms with Gasteiger partial charge >= 0.3 is 0 Å². The smallest absolute Gasteiger partial charge is 0.207 e. The van der Waals surface area contributed by atoms with Crippen molar-refractivity contribution in [3.8, 4) is 0 Å². The van der Waals surface area contributed by atoms with E-state index in [9.17, 15) is 8.42 Å². The highest BCUT2D eigenvalue weighted by Crippen LogP contribution is 2.16. The summed E-state index contributed by atoms with van der Waals surface area (Å²) in [6.07, 6.45) is 0.809. The van der Waals surface area contributed by atoms with Crippen molar-refractivity contribution in [1.82, 2.24) is 4.31 Å². The molecule has 4 heteroatoms. The summed E-state index contributed by atoms with van der Waals surface area (Å²) in [6.45, 7) is 0. The molecule has 0 radical (unpaired) electrons. The van der Waals surface area contributed by atoms with Gasteiger partial charge in [-0.3, -0.25) is 0 Å². The number of benzene rings is 2. The van der Waals surface area contributed by atoms with Gasteiger partial charge in [0.2, 0.25) is 10.0 Å². The molecule has 0 aromatic heterocycles. The molecule has 0 aliphatic heterocycles.